The van der Waals surface area contributed by atoms with Crippen molar-refractivity contribution in [2.75, 3.05) is 6.61 Å². The molecule has 0 saturated heterocycles. The highest BCUT2D eigenvalue weighted by molar-refractivity contribution is 5.66. The number of hydrogen-bond acceptors (Lipinski definition) is 3. The molecule has 0 aliphatic carbocycles. The lowest BCUT2D eigenvalue weighted by molar-refractivity contribution is -0.137. The normalized spacial score (nSPS) is 9.82. The largest absolute Gasteiger partial charge is 0.481 e. The lowest BCUT2D eigenvalue weighted by Crippen LogP contribution is -1.92. The minimum Gasteiger partial charge on any atom is -0.481 e. The molecular weight excluding hydrogens is 148 g/mol. The molecule has 11 heavy (non-hydrogen) atoms. The Morgan fingerprint density at radius 3 is 2.73 bits per heavy atom. The van der Waals surface area contributed by atoms with Gasteiger partial charge in [-0.05, 0) is 6.42 Å². The van der Waals surface area contributed by atoms with E-state index in [9.17, 15) is 9.59 Å². The van der Waals surface area contributed by atoms with E-state index in [1.807, 2.05) is 0 Å². The van der Waals surface area contributed by atoms with Crippen LogP contribution in [0.25, 0.3) is 0 Å². The van der Waals surface area contributed by atoms with Crippen molar-refractivity contribution in [3.63, 3.8) is 0 Å². The van der Waals surface area contributed by atoms with Crippen molar-refractivity contribution in [2.45, 2.75) is 12.8 Å². The molecule has 0 bridgehead atoms. The molecule has 0 rings (SSSR count). The number of rotatable bonds is 6. The summed E-state index contributed by atoms with van der Waals surface area (Å²) in [6.45, 7) is 0.560. The summed E-state index contributed by atoms with van der Waals surface area (Å²) in [5.74, 6) is -0.828. The number of carboxylic acid groups (broad SMARTS) is 1. The third-order valence-corrected chi connectivity index (χ3v) is 0.952. The van der Waals surface area contributed by atoms with E-state index in [0.29, 0.717) is 12.9 Å². The Hall–Kier alpha value is -1.32. The van der Waals surface area contributed by atoms with Crippen LogP contribution in [0.4, 0.5) is 0 Å². The fourth-order valence-corrected chi connectivity index (χ4v) is 0.488. The van der Waals surface area contributed by atoms with E-state index in [1.165, 1.54) is 0 Å². The maximum Gasteiger partial charge on any atom is 0.303 e. The first-order chi connectivity index (χ1) is 5.27. The molecule has 0 aromatic rings. The fraction of sp³-hybridized carbons (Fsp3) is 0.429. The number of carbonyl (C=O) groups is 2. The predicted octanol–water partition coefficient (Wildman–Crippen LogP) is 0.580. The van der Waals surface area contributed by atoms with Crippen molar-refractivity contribution in [2.24, 2.45) is 0 Å². The van der Waals surface area contributed by atoms with Gasteiger partial charge in [-0.3, -0.25) is 9.59 Å². The van der Waals surface area contributed by atoms with Gasteiger partial charge in [0.25, 0.3) is 6.47 Å². The van der Waals surface area contributed by atoms with Gasteiger partial charge in [-0.25, -0.2) is 0 Å². The quantitative estimate of drug-likeness (QED) is 0.349. The standard InChI is InChI=1S/C7H10O4/c8-6-11-5-3-1-2-4-7(9)10/h1,3,6H,2,4-5H2,(H,9,10)/b3-1+. The SMILES string of the molecule is O=COC/C=C/CCC(=O)O. The summed E-state index contributed by atoms with van der Waals surface area (Å²) in [6, 6.07) is 0. The third kappa shape index (κ3) is 8.68. The molecule has 0 spiro atoms. The Bertz CT molecular complexity index is 151. The zero-order chi connectivity index (χ0) is 8.53. The van der Waals surface area contributed by atoms with E-state index in [0.717, 1.165) is 0 Å². The summed E-state index contributed by atoms with van der Waals surface area (Å²) in [5, 5.41) is 8.19. The smallest absolute Gasteiger partial charge is 0.303 e. The van der Waals surface area contributed by atoms with Crippen LogP contribution < -0.4 is 0 Å². The highest BCUT2D eigenvalue weighted by Crippen LogP contribution is 1.89. The van der Waals surface area contributed by atoms with Gasteiger partial charge in [0, 0.05) is 6.42 Å². The molecule has 0 aromatic carbocycles. The highest BCUT2D eigenvalue weighted by Gasteiger charge is 1.90. The van der Waals surface area contributed by atoms with Gasteiger partial charge in [-0.2, -0.15) is 0 Å². The molecular formula is C7H10O4. The van der Waals surface area contributed by atoms with Crippen molar-refractivity contribution in [1.82, 2.24) is 0 Å². The van der Waals surface area contributed by atoms with Gasteiger partial charge in [0.2, 0.25) is 0 Å². The Kier molecular flexibility index (Phi) is 5.98. The van der Waals surface area contributed by atoms with Crippen LogP contribution in [0.15, 0.2) is 12.2 Å². The van der Waals surface area contributed by atoms with E-state index in [4.69, 9.17) is 5.11 Å². The van der Waals surface area contributed by atoms with Gasteiger partial charge in [0.05, 0.1) is 0 Å². The minimum atomic E-state index is -0.828. The number of allylic oxidation sites excluding steroid dienone is 1. The molecule has 1 N–H and O–H groups in total. The van der Waals surface area contributed by atoms with Gasteiger partial charge < -0.3 is 9.84 Å². The summed E-state index contributed by atoms with van der Waals surface area (Å²) in [5.41, 5.74) is 0. The summed E-state index contributed by atoms with van der Waals surface area (Å²) in [7, 11) is 0. The molecule has 0 saturated carbocycles. The van der Waals surface area contributed by atoms with Gasteiger partial charge >= 0.3 is 5.97 Å². The summed E-state index contributed by atoms with van der Waals surface area (Å²) in [6.07, 6.45) is 3.85. The van der Waals surface area contributed by atoms with Crippen molar-refractivity contribution < 1.29 is 19.4 Å². The molecule has 0 heterocycles. The number of ether oxygens (including phenoxy) is 1. The van der Waals surface area contributed by atoms with Crippen LogP contribution in [0, 0.1) is 0 Å². The second-order valence-electron chi connectivity index (χ2n) is 1.83. The lowest BCUT2D eigenvalue weighted by Gasteiger charge is -1.88. The third-order valence-electron chi connectivity index (χ3n) is 0.952. The van der Waals surface area contributed by atoms with Crippen LogP contribution in [0.3, 0.4) is 0 Å². The topological polar surface area (TPSA) is 63.6 Å². The highest BCUT2D eigenvalue weighted by atomic mass is 16.5. The molecule has 0 aliphatic heterocycles. The molecule has 0 unspecified atom stereocenters. The van der Waals surface area contributed by atoms with E-state index in [2.05, 4.69) is 4.74 Å². The van der Waals surface area contributed by atoms with Crippen LogP contribution in [0.2, 0.25) is 0 Å². The number of carbonyl (C=O) groups excluding carboxylic acids is 1. The zero-order valence-electron chi connectivity index (χ0n) is 6.03. The van der Waals surface area contributed by atoms with Crippen molar-refractivity contribution in [1.29, 1.82) is 0 Å². The first-order valence-electron chi connectivity index (χ1n) is 3.19. The first kappa shape index (κ1) is 9.68. The Labute approximate surface area is 64.5 Å². The van der Waals surface area contributed by atoms with E-state index < -0.39 is 5.97 Å². The predicted molar refractivity (Wildman–Crippen MR) is 38.0 cm³/mol. The van der Waals surface area contributed by atoms with Crippen LogP contribution >= 0.6 is 0 Å². The molecule has 0 aromatic heterocycles. The molecule has 4 heteroatoms. The van der Waals surface area contributed by atoms with Crippen LogP contribution in [0.1, 0.15) is 12.8 Å². The molecule has 0 radical (unpaired) electrons. The van der Waals surface area contributed by atoms with Gasteiger partial charge in [0.15, 0.2) is 0 Å². The van der Waals surface area contributed by atoms with Gasteiger partial charge in [-0.15, -0.1) is 0 Å². The molecule has 62 valence electrons. The van der Waals surface area contributed by atoms with Crippen molar-refractivity contribution in [3.8, 4) is 0 Å². The second-order valence-corrected chi connectivity index (χ2v) is 1.83. The number of hydrogen-bond donors (Lipinski definition) is 1. The Morgan fingerprint density at radius 1 is 1.45 bits per heavy atom. The zero-order valence-corrected chi connectivity index (χ0v) is 6.03. The molecule has 4 nitrogen and oxygen atoms in total. The molecule has 0 amide bonds. The van der Waals surface area contributed by atoms with E-state index in [-0.39, 0.29) is 13.0 Å². The molecule has 0 atom stereocenters. The average molecular weight is 158 g/mol. The van der Waals surface area contributed by atoms with Crippen LogP contribution in [-0.2, 0) is 14.3 Å². The van der Waals surface area contributed by atoms with Crippen molar-refractivity contribution in [3.05, 3.63) is 12.2 Å². The maximum atomic E-state index is 9.97. The first-order valence-corrected chi connectivity index (χ1v) is 3.19. The fourth-order valence-electron chi connectivity index (χ4n) is 0.488. The molecule has 0 fully saturated rings. The number of aliphatic carboxylic acids is 1. The summed E-state index contributed by atoms with van der Waals surface area (Å²) in [4.78, 5) is 19.6. The average Bonchev–Trinajstić information content (AvgIpc) is 1.96. The lowest BCUT2D eigenvalue weighted by atomic mass is 10.3. The summed E-state index contributed by atoms with van der Waals surface area (Å²) < 4.78 is 4.33. The van der Waals surface area contributed by atoms with Crippen LogP contribution in [-0.4, -0.2) is 24.2 Å². The van der Waals surface area contributed by atoms with Crippen LogP contribution in [0.5, 0.6) is 0 Å². The van der Waals surface area contributed by atoms with E-state index >= 15 is 0 Å². The maximum absolute atomic E-state index is 9.97. The molecule has 0 aliphatic rings. The summed E-state index contributed by atoms with van der Waals surface area (Å²) >= 11 is 0. The van der Waals surface area contributed by atoms with Crippen molar-refractivity contribution >= 4 is 12.4 Å². The second kappa shape index (κ2) is 6.80. The number of carboxylic acids is 1. The Morgan fingerprint density at radius 2 is 2.18 bits per heavy atom. The van der Waals surface area contributed by atoms with E-state index in [1.54, 1.807) is 12.2 Å². The van der Waals surface area contributed by atoms with Gasteiger partial charge in [-0.1, -0.05) is 12.2 Å². The van der Waals surface area contributed by atoms with Gasteiger partial charge in [0.1, 0.15) is 6.61 Å². The minimum absolute atomic E-state index is 0.109. The monoisotopic (exact) mass is 158 g/mol. The Balaban J connectivity index is 3.16.